The normalized spacial score (nSPS) is 18.6. The van der Waals surface area contributed by atoms with E-state index in [1.165, 1.54) is 7.11 Å². The van der Waals surface area contributed by atoms with Gasteiger partial charge in [-0.2, -0.15) is 0 Å². The molecule has 1 atom stereocenters. The number of carbonyl (C=O) groups excluding carboxylic acids is 1. The standard InChI is InChI=1S/C9H11N3O2.ClH/c1-14-9(13)7-4-6-8(5-12-7)11-3-2-10-6;/h2-3,7,12H,4-5H2,1H3;1H/t7-;/m0./s1. The maximum atomic E-state index is 11.2. The number of aromatic nitrogens is 2. The Kier molecular flexibility index (Phi) is 3.99. The van der Waals surface area contributed by atoms with Crippen molar-refractivity contribution in [2.24, 2.45) is 0 Å². The first-order valence-electron chi connectivity index (χ1n) is 4.41. The minimum Gasteiger partial charge on any atom is -0.468 e. The number of methoxy groups -OCH3 is 1. The molecule has 0 saturated carbocycles. The van der Waals surface area contributed by atoms with Crippen molar-refractivity contribution in [1.82, 2.24) is 15.3 Å². The van der Waals surface area contributed by atoms with Gasteiger partial charge in [0.2, 0.25) is 0 Å². The molecule has 0 aliphatic carbocycles. The Balaban J connectivity index is 0.00000112. The molecule has 82 valence electrons. The van der Waals surface area contributed by atoms with E-state index in [2.05, 4.69) is 20.0 Å². The molecular formula is C9H12ClN3O2. The predicted octanol–water partition coefficient (Wildman–Crippen LogP) is 0.0857. The van der Waals surface area contributed by atoms with E-state index in [0.29, 0.717) is 13.0 Å². The van der Waals surface area contributed by atoms with E-state index < -0.39 is 0 Å². The van der Waals surface area contributed by atoms with Crippen LogP contribution in [0.1, 0.15) is 11.4 Å². The van der Waals surface area contributed by atoms with Crippen LogP contribution in [0.3, 0.4) is 0 Å². The van der Waals surface area contributed by atoms with Gasteiger partial charge in [-0.25, -0.2) is 0 Å². The summed E-state index contributed by atoms with van der Waals surface area (Å²) in [5.74, 6) is -0.249. The first-order valence-corrected chi connectivity index (χ1v) is 4.41. The number of nitrogens with one attached hydrogen (secondary N) is 1. The zero-order chi connectivity index (χ0) is 9.97. The van der Waals surface area contributed by atoms with Gasteiger partial charge < -0.3 is 4.74 Å². The maximum absolute atomic E-state index is 11.2. The molecule has 0 aromatic carbocycles. The van der Waals surface area contributed by atoms with Gasteiger partial charge >= 0.3 is 5.97 Å². The average molecular weight is 230 g/mol. The van der Waals surface area contributed by atoms with Crippen LogP contribution in [0.5, 0.6) is 0 Å². The summed E-state index contributed by atoms with van der Waals surface area (Å²) >= 11 is 0. The number of ether oxygens (including phenoxy) is 1. The highest BCUT2D eigenvalue weighted by Crippen LogP contribution is 2.11. The number of hydrogen-bond donors (Lipinski definition) is 1. The minimum absolute atomic E-state index is 0. The van der Waals surface area contributed by atoms with Crippen molar-refractivity contribution in [2.75, 3.05) is 7.11 Å². The third-order valence-electron chi connectivity index (χ3n) is 2.26. The predicted molar refractivity (Wildman–Crippen MR) is 55.6 cm³/mol. The second-order valence-electron chi connectivity index (χ2n) is 3.11. The third kappa shape index (κ3) is 2.43. The molecule has 1 N–H and O–H groups in total. The zero-order valence-corrected chi connectivity index (χ0v) is 9.08. The Morgan fingerprint density at radius 1 is 1.47 bits per heavy atom. The van der Waals surface area contributed by atoms with E-state index in [1.54, 1.807) is 12.4 Å². The number of nitrogens with zero attached hydrogens (tertiary/aromatic N) is 2. The second-order valence-corrected chi connectivity index (χ2v) is 3.11. The van der Waals surface area contributed by atoms with Gasteiger partial charge in [0, 0.05) is 25.4 Å². The molecule has 0 spiro atoms. The smallest absolute Gasteiger partial charge is 0.323 e. The molecule has 5 nitrogen and oxygen atoms in total. The molecule has 0 radical (unpaired) electrons. The lowest BCUT2D eigenvalue weighted by molar-refractivity contribution is -0.143. The Bertz CT molecular complexity index is 359. The van der Waals surface area contributed by atoms with E-state index in [-0.39, 0.29) is 24.4 Å². The van der Waals surface area contributed by atoms with Crippen LogP contribution in [-0.4, -0.2) is 29.1 Å². The molecule has 2 heterocycles. The van der Waals surface area contributed by atoms with E-state index in [9.17, 15) is 4.79 Å². The van der Waals surface area contributed by atoms with Gasteiger partial charge in [-0.1, -0.05) is 0 Å². The molecule has 1 aliphatic heterocycles. The molecule has 15 heavy (non-hydrogen) atoms. The maximum Gasteiger partial charge on any atom is 0.323 e. The van der Waals surface area contributed by atoms with Gasteiger partial charge in [0.25, 0.3) is 0 Å². The van der Waals surface area contributed by atoms with Crippen molar-refractivity contribution in [3.8, 4) is 0 Å². The lowest BCUT2D eigenvalue weighted by Crippen LogP contribution is -2.43. The largest absolute Gasteiger partial charge is 0.468 e. The highest BCUT2D eigenvalue weighted by molar-refractivity contribution is 5.85. The number of fused-ring (bicyclic) bond motifs is 1. The fraction of sp³-hybridized carbons (Fsp3) is 0.444. The van der Waals surface area contributed by atoms with Gasteiger partial charge in [0.15, 0.2) is 0 Å². The SMILES string of the molecule is COC(=O)[C@@H]1Cc2nccnc2CN1.Cl. The molecule has 0 unspecified atom stereocenters. The van der Waals surface area contributed by atoms with Crippen LogP contribution in [-0.2, 0) is 22.5 Å². The van der Waals surface area contributed by atoms with Gasteiger partial charge in [0.05, 0.1) is 18.5 Å². The summed E-state index contributed by atoms with van der Waals surface area (Å²) in [5.41, 5.74) is 1.79. The summed E-state index contributed by atoms with van der Waals surface area (Å²) in [4.78, 5) is 19.6. The first-order chi connectivity index (χ1) is 6.81. The van der Waals surface area contributed by atoms with E-state index in [0.717, 1.165) is 11.4 Å². The van der Waals surface area contributed by atoms with Gasteiger partial charge in [-0.05, 0) is 0 Å². The van der Waals surface area contributed by atoms with Crippen molar-refractivity contribution in [3.05, 3.63) is 23.8 Å². The van der Waals surface area contributed by atoms with Gasteiger partial charge in [-0.3, -0.25) is 20.1 Å². The Labute approximate surface area is 93.7 Å². The molecular weight excluding hydrogens is 218 g/mol. The van der Waals surface area contributed by atoms with Crippen molar-refractivity contribution in [3.63, 3.8) is 0 Å². The molecule has 6 heteroatoms. The van der Waals surface area contributed by atoms with Crippen molar-refractivity contribution in [1.29, 1.82) is 0 Å². The fourth-order valence-corrected chi connectivity index (χ4v) is 1.51. The summed E-state index contributed by atoms with van der Waals surface area (Å²) in [7, 11) is 1.39. The van der Waals surface area contributed by atoms with E-state index in [1.807, 2.05) is 0 Å². The first kappa shape index (κ1) is 11.9. The fourth-order valence-electron chi connectivity index (χ4n) is 1.51. The minimum atomic E-state index is -0.288. The van der Waals surface area contributed by atoms with Crippen LogP contribution in [0, 0.1) is 0 Å². The Hall–Kier alpha value is -1.20. The third-order valence-corrected chi connectivity index (χ3v) is 2.26. The number of hydrogen-bond acceptors (Lipinski definition) is 5. The Morgan fingerprint density at radius 2 is 2.13 bits per heavy atom. The molecule has 0 amide bonds. The van der Waals surface area contributed by atoms with Crippen LogP contribution in [0.4, 0.5) is 0 Å². The van der Waals surface area contributed by atoms with Crippen molar-refractivity contribution < 1.29 is 9.53 Å². The lowest BCUT2D eigenvalue weighted by atomic mass is 10.1. The summed E-state index contributed by atoms with van der Waals surface area (Å²) in [6.07, 6.45) is 3.84. The molecule has 1 aromatic rings. The van der Waals surface area contributed by atoms with Crippen LogP contribution in [0.2, 0.25) is 0 Å². The van der Waals surface area contributed by atoms with Gasteiger partial charge in [0.1, 0.15) is 6.04 Å². The number of rotatable bonds is 1. The van der Waals surface area contributed by atoms with Crippen LogP contribution in [0.15, 0.2) is 12.4 Å². The Morgan fingerprint density at radius 3 is 2.80 bits per heavy atom. The summed E-state index contributed by atoms with van der Waals surface area (Å²) in [6, 6.07) is -0.288. The topological polar surface area (TPSA) is 64.1 Å². The number of halogens is 1. The molecule has 1 aliphatic rings. The molecule has 2 rings (SSSR count). The average Bonchev–Trinajstić information content (AvgIpc) is 2.27. The quantitative estimate of drug-likeness (QED) is 0.692. The zero-order valence-electron chi connectivity index (χ0n) is 8.27. The monoisotopic (exact) mass is 229 g/mol. The highest BCUT2D eigenvalue weighted by atomic mass is 35.5. The molecule has 0 saturated heterocycles. The molecule has 0 bridgehead atoms. The van der Waals surface area contributed by atoms with Crippen molar-refractivity contribution in [2.45, 2.75) is 19.0 Å². The van der Waals surface area contributed by atoms with Crippen LogP contribution < -0.4 is 5.32 Å². The van der Waals surface area contributed by atoms with Crippen LogP contribution in [0.25, 0.3) is 0 Å². The summed E-state index contributed by atoms with van der Waals surface area (Å²) in [5, 5.41) is 3.05. The van der Waals surface area contributed by atoms with Crippen molar-refractivity contribution >= 4 is 18.4 Å². The highest BCUT2D eigenvalue weighted by Gasteiger charge is 2.25. The summed E-state index contributed by atoms with van der Waals surface area (Å²) in [6.45, 7) is 0.572. The number of carbonyl (C=O) groups is 1. The molecule has 1 aromatic heterocycles. The second kappa shape index (κ2) is 5.04. The molecule has 0 fully saturated rings. The van der Waals surface area contributed by atoms with Crippen LogP contribution >= 0.6 is 12.4 Å². The number of esters is 1. The summed E-state index contributed by atoms with van der Waals surface area (Å²) < 4.78 is 4.66. The van der Waals surface area contributed by atoms with E-state index in [4.69, 9.17) is 0 Å². The van der Waals surface area contributed by atoms with E-state index >= 15 is 0 Å². The lowest BCUT2D eigenvalue weighted by Gasteiger charge is -2.21. The van der Waals surface area contributed by atoms with Gasteiger partial charge in [-0.15, -0.1) is 12.4 Å².